The number of hydrogen-bond donors (Lipinski definition) is 2. The number of anilines is 1. The highest BCUT2D eigenvalue weighted by Crippen LogP contribution is 2.31. The Bertz CT molecular complexity index is 1550. The van der Waals surface area contributed by atoms with Gasteiger partial charge in [0.1, 0.15) is 16.9 Å². The molecule has 0 radical (unpaired) electrons. The van der Waals surface area contributed by atoms with Crippen molar-refractivity contribution in [2.45, 2.75) is 32.9 Å². The summed E-state index contributed by atoms with van der Waals surface area (Å²) in [6, 6.07) is 25.5. The summed E-state index contributed by atoms with van der Waals surface area (Å²) in [5.74, 6) is 1.04. The van der Waals surface area contributed by atoms with Crippen molar-refractivity contribution in [3.8, 4) is 28.3 Å². The fourth-order valence-corrected chi connectivity index (χ4v) is 4.01. The van der Waals surface area contributed by atoms with E-state index in [9.17, 15) is 4.79 Å². The summed E-state index contributed by atoms with van der Waals surface area (Å²) in [5.41, 5.74) is 11.5. The summed E-state index contributed by atoms with van der Waals surface area (Å²) in [5, 5.41) is 2.79. The van der Waals surface area contributed by atoms with Gasteiger partial charge in [-0.2, -0.15) is 0 Å². The van der Waals surface area contributed by atoms with Crippen LogP contribution >= 0.6 is 0 Å². The number of nitrogen functional groups attached to an aromatic ring is 1. The Labute approximate surface area is 215 Å². The molecular weight excluding hydrogens is 464 g/mol. The van der Waals surface area contributed by atoms with Gasteiger partial charge in [-0.15, -0.1) is 0 Å². The van der Waals surface area contributed by atoms with E-state index in [1.54, 1.807) is 6.20 Å². The van der Waals surface area contributed by atoms with Crippen LogP contribution in [-0.4, -0.2) is 31.2 Å². The number of nitrogens with two attached hydrogens (primary N) is 1. The monoisotopic (exact) mass is 492 g/mol. The number of fused-ring (bicyclic) bond motifs is 1. The highest BCUT2D eigenvalue weighted by atomic mass is 16.6. The van der Waals surface area contributed by atoms with E-state index in [1.807, 2.05) is 104 Å². The quantitative estimate of drug-likeness (QED) is 0.323. The molecule has 0 saturated carbocycles. The van der Waals surface area contributed by atoms with Crippen LogP contribution in [0.15, 0.2) is 85.1 Å². The molecule has 0 bridgehead atoms. The van der Waals surface area contributed by atoms with Crippen LogP contribution in [0.25, 0.3) is 39.5 Å². The molecule has 0 atom stereocenters. The lowest BCUT2D eigenvalue weighted by atomic mass is 10.1. The maximum Gasteiger partial charge on any atom is 0.407 e. The molecule has 186 valence electrons. The van der Waals surface area contributed by atoms with Crippen LogP contribution in [0, 0.1) is 0 Å². The Balaban J connectivity index is 1.55. The maximum atomic E-state index is 12.0. The molecule has 5 rings (SSSR count). The summed E-state index contributed by atoms with van der Waals surface area (Å²) in [6.45, 7) is 5.85. The molecule has 0 aliphatic rings. The van der Waals surface area contributed by atoms with Gasteiger partial charge in [0, 0.05) is 24.0 Å². The molecule has 1 amide bonds. The third-order valence-electron chi connectivity index (χ3n) is 5.68. The second kappa shape index (κ2) is 9.73. The van der Waals surface area contributed by atoms with E-state index in [0.29, 0.717) is 23.8 Å². The Morgan fingerprint density at radius 3 is 2.41 bits per heavy atom. The third-order valence-corrected chi connectivity index (χ3v) is 5.68. The first-order valence-electron chi connectivity index (χ1n) is 12.0. The number of benzene rings is 2. The molecule has 5 aromatic rings. The lowest BCUT2D eigenvalue weighted by Crippen LogP contribution is -2.32. The van der Waals surface area contributed by atoms with Gasteiger partial charge in [-0.1, -0.05) is 42.5 Å². The molecule has 3 heterocycles. The number of imidazole rings is 1. The standard InChI is InChI=1S/C29H28N6O2/c1-29(2,3)37-28(36)32-18-19-11-13-21(14-12-19)35-26(22-10-7-17-31-25(22)30)34-24-16-15-23(33-27(24)35)20-8-5-4-6-9-20/h4-17H,18H2,1-3H3,(H2,30,31)(H,32,36). The predicted octanol–water partition coefficient (Wildman–Crippen LogP) is 5.76. The molecule has 3 aromatic heterocycles. The van der Waals surface area contributed by atoms with Crippen molar-refractivity contribution in [2.24, 2.45) is 0 Å². The van der Waals surface area contributed by atoms with E-state index in [-0.39, 0.29) is 0 Å². The normalized spacial score (nSPS) is 11.4. The van der Waals surface area contributed by atoms with Crippen LogP contribution < -0.4 is 11.1 Å². The molecule has 8 nitrogen and oxygen atoms in total. The van der Waals surface area contributed by atoms with Gasteiger partial charge in [0.25, 0.3) is 0 Å². The van der Waals surface area contributed by atoms with E-state index in [2.05, 4.69) is 10.3 Å². The summed E-state index contributed by atoms with van der Waals surface area (Å²) >= 11 is 0. The molecule has 37 heavy (non-hydrogen) atoms. The van der Waals surface area contributed by atoms with Crippen LogP contribution in [0.5, 0.6) is 0 Å². The van der Waals surface area contributed by atoms with Gasteiger partial charge in [-0.05, 0) is 62.7 Å². The van der Waals surface area contributed by atoms with Crippen molar-refractivity contribution in [3.05, 3.63) is 90.6 Å². The van der Waals surface area contributed by atoms with E-state index >= 15 is 0 Å². The number of aromatic nitrogens is 4. The lowest BCUT2D eigenvalue weighted by molar-refractivity contribution is 0.0523. The topological polar surface area (TPSA) is 108 Å². The molecule has 0 unspecified atom stereocenters. The van der Waals surface area contributed by atoms with Gasteiger partial charge in [-0.3, -0.25) is 4.57 Å². The van der Waals surface area contributed by atoms with Crippen LogP contribution in [0.4, 0.5) is 10.6 Å². The van der Waals surface area contributed by atoms with E-state index in [1.165, 1.54) is 0 Å². The molecule has 3 N–H and O–H groups in total. The van der Waals surface area contributed by atoms with Crippen LogP contribution in [0.1, 0.15) is 26.3 Å². The van der Waals surface area contributed by atoms with Gasteiger partial charge in [0.2, 0.25) is 0 Å². The number of carbonyl (C=O) groups is 1. The molecule has 2 aromatic carbocycles. The summed E-state index contributed by atoms with van der Waals surface area (Å²) < 4.78 is 7.31. The zero-order valence-corrected chi connectivity index (χ0v) is 21.0. The fourth-order valence-electron chi connectivity index (χ4n) is 4.01. The number of hydrogen-bond acceptors (Lipinski definition) is 6. The average Bonchev–Trinajstić information content (AvgIpc) is 3.26. The van der Waals surface area contributed by atoms with Crippen LogP contribution in [-0.2, 0) is 11.3 Å². The molecular formula is C29H28N6O2. The smallest absolute Gasteiger partial charge is 0.407 e. The Hall–Kier alpha value is -4.72. The van der Waals surface area contributed by atoms with Crippen molar-refractivity contribution in [3.63, 3.8) is 0 Å². The second-order valence-corrected chi connectivity index (χ2v) is 9.63. The molecule has 0 aliphatic carbocycles. The third kappa shape index (κ3) is 5.28. The molecule has 0 aliphatic heterocycles. The van der Waals surface area contributed by atoms with E-state index in [0.717, 1.165) is 33.6 Å². The molecule has 0 saturated heterocycles. The van der Waals surface area contributed by atoms with Crippen molar-refractivity contribution in [2.75, 3.05) is 5.73 Å². The van der Waals surface area contributed by atoms with Crippen LogP contribution in [0.2, 0.25) is 0 Å². The number of alkyl carbamates (subject to hydrolysis) is 1. The minimum Gasteiger partial charge on any atom is -0.444 e. The minimum absolute atomic E-state index is 0.346. The number of pyridine rings is 2. The highest BCUT2D eigenvalue weighted by molar-refractivity contribution is 5.84. The number of nitrogens with one attached hydrogen (secondary N) is 1. The first-order valence-corrected chi connectivity index (χ1v) is 12.0. The number of rotatable bonds is 5. The van der Waals surface area contributed by atoms with Gasteiger partial charge < -0.3 is 15.8 Å². The largest absolute Gasteiger partial charge is 0.444 e. The van der Waals surface area contributed by atoms with E-state index in [4.69, 9.17) is 20.4 Å². The van der Waals surface area contributed by atoms with Crippen LogP contribution in [0.3, 0.4) is 0 Å². The highest BCUT2D eigenvalue weighted by Gasteiger charge is 2.19. The van der Waals surface area contributed by atoms with Gasteiger partial charge in [-0.25, -0.2) is 19.7 Å². The zero-order valence-electron chi connectivity index (χ0n) is 21.0. The van der Waals surface area contributed by atoms with Gasteiger partial charge in [0.15, 0.2) is 11.5 Å². The molecule has 0 fully saturated rings. The number of amides is 1. The Morgan fingerprint density at radius 2 is 1.70 bits per heavy atom. The Kier molecular flexibility index (Phi) is 6.31. The number of nitrogens with zero attached hydrogens (tertiary/aromatic N) is 4. The molecule has 8 heteroatoms. The van der Waals surface area contributed by atoms with Crippen molar-refractivity contribution >= 4 is 23.1 Å². The van der Waals surface area contributed by atoms with Gasteiger partial charge >= 0.3 is 6.09 Å². The SMILES string of the molecule is CC(C)(C)OC(=O)NCc1ccc(-n2c(-c3cccnc3N)nc3ccc(-c4ccccc4)nc32)cc1. The van der Waals surface area contributed by atoms with Gasteiger partial charge in [0.05, 0.1) is 11.3 Å². The minimum atomic E-state index is -0.549. The van der Waals surface area contributed by atoms with Crippen molar-refractivity contribution in [1.82, 2.24) is 24.8 Å². The second-order valence-electron chi connectivity index (χ2n) is 9.63. The van der Waals surface area contributed by atoms with Crippen molar-refractivity contribution in [1.29, 1.82) is 0 Å². The Morgan fingerprint density at radius 1 is 0.946 bits per heavy atom. The summed E-state index contributed by atoms with van der Waals surface area (Å²) in [4.78, 5) is 26.2. The predicted molar refractivity (Wildman–Crippen MR) is 145 cm³/mol. The maximum absolute atomic E-state index is 12.0. The average molecular weight is 493 g/mol. The van der Waals surface area contributed by atoms with E-state index < -0.39 is 11.7 Å². The summed E-state index contributed by atoms with van der Waals surface area (Å²) in [7, 11) is 0. The first-order chi connectivity index (χ1) is 17.8. The zero-order chi connectivity index (χ0) is 26.0. The fraction of sp³-hybridized carbons (Fsp3) is 0.172. The first kappa shape index (κ1) is 24.0. The molecule has 0 spiro atoms. The number of ether oxygens (including phenoxy) is 1. The lowest BCUT2D eigenvalue weighted by Gasteiger charge is -2.19. The summed E-state index contributed by atoms with van der Waals surface area (Å²) in [6.07, 6.45) is 1.20. The van der Waals surface area contributed by atoms with Crippen molar-refractivity contribution < 1.29 is 9.53 Å². The number of carbonyl (C=O) groups excluding carboxylic acids is 1.